The van der Waals surface area contributed by atoms with E-state index < -0.39 is 17.6 Å². The average Bonchev–Trinajstić information content (AvgIpc) is 3.05. The van der Waals surface area contributed by atoms with Crippen molar-refractivity contribution < 1.29 is 22.7 Å². The first-order valence-corrected chi connectivity index (χ1v) is 8.81. The summed E-state index contributed by atoms with van der Waals surface area (Å²) in [4.78, 5) is 17.0. The molecule has 0 unspecified atom stereocenters. The van der Waals surface area contributed by atoms with Crippen LogP contribution in [0.3, 0.4) is 0 Å². The number of carbonyl (C=O) groups is 1. The highest BCUT2D eigenvalue weighted by atomic mass is 35.5. The third kappa shape index (κ3) is 3.91. The standard InChI is InChI=1S/C19H17ClF3N3O2/c1-3-15-16(18(27)24-9-11-4-6-13(28-2)7-5-11)26-10-12(19(21,22)23)8-14(20)17(26)25-15/h4-8,10H,3,9H2,1-2H3,(H,24,27). The molecular weight excluding hydrogens is 395 g/mol. The summed E-state index contributed by atoms with van der Waals surface area (Å²) in [5, 5.41) is 2.55. The fraction of sp³-hybridized carbons (Fsp3) is 0.263. The number of amides is 1. The van der Waals surface area contributed by atoms with Gasteiger partial charge in [-0.2, -0.15) is 13.2 Å². The Morgan fingerprint density at radius 2 is 1.96 bits per heavy atom. The number of carbonyl (C=O) groups excluding carboxylic acids is 1. The number of alkyl halides is 3. The number of aromatic nitrogens is 2. The average molecular weight is 412 g/mol. The van der Waals surface area contributed by atoms with E-state index in [1.54, 1.807) is 38.3 Å². The molecule has 0 saturated heterocycles. The lowest BCUT2D eigenvalue weighted by molar-refractivity contribution is -0.137. The number of methoxy groups -OCH3 is 1. The molecule has 0 radical (unpaired) electrons. The number of rotatable bonds is 5. The topological polar surface area (TPSA) is 55.6 Å². The minimum absolute atomic E-state index is 0.0408. The van der Waals surface area contributed by atoms with Gasteiger partial charge in [-0.15, -0.1) is 0 Å². The molecule has 3 aromatic rings. The molecule has 0 aliphatic heterocycles. The van der Waals surface area contributed by atoms with Gasteiger partial charge in [0.25, 0.3) is 5.91 Å². The van der Waals surface area contributed by atoms with E-state index in [0.29, 0.717) is 17.9 Å². The van der Waals surface area contributed by atoms with Gasteiger partial charge in [-0.05, 0) is 30.2 Å². The van der Waals surface area contributed by atoms with Crippen LogP contribution >= 0.6 is 11.6 Å². The second kappa shape index (κ2) is 7.71. The molecule has 0 atom stereocenters. The molecular formula is C19H17ClF3N3O2. The van der Waals surface area contributed by atoms with Crippen LogP contribution in [-0.2, 0) is 19.1 Å². The molecule has 0 bridgehead atoms. The first-order valence-electron chi connectivity index (χ1n) is 8.43. The molecule has 1 N–H and O–H groups in total. The van der Waals surface area contributed by atoms with Crippen molar-refractivity contribution >= 4 is 23.2 Å². The lowest BCUT2D eigenvalue weighted by atomic mass is 10.2. The van der Waals surface area contributed by atoms with Crippen molar-refractivity contribution in [3.63, 3.8) is 0 Å². The quantitative estimate of drug-likeness (QED) is 0.672. The molecule has 148 valence electrons. The maximum Gasteiger partial charge on any atom is 0.417 e. The largest absolute Gasteiger partial charge is 0.497 e. The van der Waals surface area contributed by atoms with Crippen LogP contribution < -0.4 is 10.1 Å². The smallest absolute Gasteiger partial charge is 0.417 e. The number of benzene rings is 1. The number of nitrogens with one attached hydrogen (secondary N) is 1. The summed E-state index contributed by atoms with van der Waals surface area (Å²) >= 11 is 5.99. The van der Waals surface area contributed by atoms with Crippen LogP contribution in [0.2, 0.25) is 5.02 Å². The van der Waals surface area contributed by atoms with Crippen molar-refractivity contribution in [2.24, 2.45) is 0 Å². The molecule has 0 saturated carbocycles. The van der Waals surface area contributed by atoms with Gasteiger partial charge in [0.15, 0.2) is 5.65 Å². The fourth-order valence-electron chi connectivity index (χ4n) is 2.80. The Balaban J connectivity index is 1.95. The number of halogens is 4. The first kappa shape index (κ1) is 20.0. The predicted octanol–water partition coefficient (Wildman–Crippen LogP) is 4.51. The van der Waals surface area contributed by atoms with Crippen molar-refractivity contribution in [2.75, 3.05) is 7.11 Å². The maximum absolute atomic E-state index is 13.1. The van der Waals surface area contributed by atoms with E-state index in [4.69, 9.17) is 16.3 Å². The van der Waals surface area contributed by atoms with E-state index >= 15 is 0 Å². The van der Waals surface area contributed by atoms with Crippen molar-refractivity contribution in [3.8, 4) is 5.75 Å². The molecule has 2 heterocycles. The van der Waals surface area contributed by atoms with Gasteiger partial charge in [-0.3, -0.25) is 9.20 Å². The maximum atomic E-state index is 13.1. The third-order valence-corrected chi connectivity index (χ3v) is 4.51. The van der Waals surface area contributed by atoms with Crippen LogP contribution in [0.1, 0.15) is 34.2 Å². The summed E-state index contributed by atoms with van der Waals surface area (Å²) in [7, 11) is 1.55. The van der Waals surface area contributed by atoms with Gasteiger partial charge in [0, 0.05) is 12.7 Å². The third-order valence-electron chi connectivity index (χ3n) is 4.24. The number of hydrogen-bond donors (Lipinski definition) is 1. The van der Waals surface area contributed by atoms with E-state index in [1.807, 2.05) is 0 Å². The molecule has 0 spiro atoms. The lowest BCUT2D eigenvalue weighted by Gasteiger charge is -2.11. The highest BCUT2D eigenvalue weighted by Gasteiger charge is 2.33. The highest BCUT2D eigenvalue weighted by Crippen LogP contribution is 2.33. The van der Waals surface area contributed by atoms with Crippen LogP contribution in [0.25, 0.3) is 5.65 Å². The van der Waals surface area contributed by atoms with E-state index in [0.717, 1.165) is 22.2 Å². The van der Waals surface area contributed by atoms with E-state index in [2.05, 4.69) is 10.3 Å². The van der Waals surface area contributed by atoms with E-state index in [9.17, 15) is 18.0 Å². The zero-order chi connectivity index (χ0) is 20.5. The number of ether oxygens (including phenoxy) is 1. The van der Waals surface area contributed by atoms with E-state index in [-0.39, 0.29) is 22.9 Å². The van der Waals surface area contributed by atoms with Crippen molar-refractivity contribution in [2.45, 2.75) is 26.1 Å². The molecule has 5 nitrogen and oxygen atoms in total. The Bertz CT molecular complexity index is 1010. The van der Waals surface area contributed by atoms with Gasteiger partial charge in [-0.1, -0.05) is 30.7 Å². The number of fused-ring (bicyclic) bond motifs is 1. The summed E-state index contributed by atoms with van der Waals surface area (Å²) in [6.07, 6.45) is -3.38. The number of aryl methyl sites for hydroxylation is 1. The first-order chi connectivity index (χ1) is 13.2. The lowest BCUT2D eigenvalue weighted by Crippen LogP contribution is -2.25. The Morgan fingerprint density at radius 1 is 1.29 bits per heavy atom. The minimum Gasteiger partial charge on any atom is -0.497 e. The van der Waals surface area contributed by atoms with Crippen molar-refractivity contribution in [3.05, 3.63) is 64.1 Å². The Morgan fingerprint density at radius 3 is 2.54 bits per heavy atom. The highest BCUT2D eigenvalue weighted by molar-refractivity contribution is 6.33. The summed E-state index contributed by atoms with van der Waals surface area (Å²) in [5.74, 6) is 0.148. The van der Waals surface area contributed by atoms with Crippen molar-refractivity contribution in [1.82, 2.24) is 14.7 Å². The number of nitrogens with zero attached hydrogens (tertiary/aromatic N) is 2. The Hall–Kier alpha value is -2.74. The van der Waals surface area contributed by atoms with Crippen LogP contribution in [-0.4, -0.2) is 22.4 Å². The van der Waals surface area contributed by atoms with Crippen LogP contribution in [0.5, 0.6) is 5.75 Å². The molecule has 0 fully saturated rings. The molecule has 1 amide bonds. The van der Waals surface area contributed by atoms with Gasteiger partial charge in [0.2, 0.25) is 0 Å². The van der Waals surface area contributed by atoms with Gasteiger partial charge < -0.3 is 10.1 Å². The molecule has 1 aromatic carbocycles. The summed E-state index contributed by atoms with van der Waals surface area (Å²) in [5.41, 5.74) is 0.387. The molecule has 2 aromatic heterocycles. The summed E-state index contributed by atoms with van der Waals surface area (Å²) < 4.78 is 45.6. The van der Waals surface area contributed by atoms with Crippen LogP contribution in [0.4, 0.5) is 13.2 Å². The predicted molar refractivity (Wildman–Crippen MR) is 98.7 cm³/mol. The summed E-state index contributed by atoms with van der Waals surface area (Å²) in [6, 6.07) is 7.88. The second-order valence-electron chi connectivity index (χ2n) is 6.06. The van der Waals surface area contributed by atoms with E-state index in [1.165, 1.54) is 0 Å². The van der Waals surface area contributed by atoms with Gasteiger partial charge >= 0.3 is 6.18 Å². The monoisotopic (exact) mass is 411 g/mol. The molecule has 0 aliphatic carbocycles. The van der Waals surface area contributed by atoms with Gasteiger partial charge in [-0.25, -0.2) is 4.98 Å². The number of imidazole rings is 1. The SMILES string of the molecule is CCc1nc2c(Cl)cc(C(F)(F)F)cn2c1C(=O)NCc1ccc(OC)cc1. The molecule has 9 heteroatoms. The van der Waals surface area contributed by atoms with Crippen molar-refractivity contribution in [1.29, 1.82) is 0 Å². The van der Waals surface area contributed by atoms with Gasteiger partial charge in [0.05, 0.1) is 23.4 Å². The van der Waals surface area contributed by atoms with Crippen LogP contribution in [0, 0.1) is 0 Å². The number of pyridine rings is 1. The van der Waals surface area contributed by atoms with Gasteiger partial charge in [0.1, 0.15) is 11.4 Å². The molecule has 3 rings (SSSR count). The Labute approximate surface area is 164 Å². The Kier molecular flexibility index (Phi) is 5.51. The zero-order valence-corrected chi connectivity index (χ0v) is 15.9. The zero-order valence-electron chi connectivity index (χ0n) is 15.1. The molecule has 28 heavy (non-hydrogen) atoms. The summed E-state index contributed by atoms with van der Waals surface area (Å²) in [6.45, 7) is 1.96. The normalized spacial score (nSPS) is 11.6. The molecule has 0 aliphatic rings. The fourth-order valence-corrected chi connectivity index (χ4v) is 3.05. The minimum atomic E-state index is -4.59. The second-order valence-corrected chi connectivity index (χ2v) is 6.47. The van der Waals surface area contributed by atoms with Crippen LogP contribution in [0.15, 0.2) is 36.5 Å². The number of hydrogen-bond acceptors (Lipinski definition) is 3.